The lowest BCUT2D eigenvalue weighted by molar-refractivity contribution is -0.377. The van der Waals surface area contributed by atoms with Gasteiger partial charge < -0.3 is 47.7 Å². The predicted octanol–water partition coefficient (Wildman–Crippen LogP) is 10.1. The summed E-state index contributed by atoms with van der Waals surface area (Å²) in [6.07, 6.45) is -1.72. The second kappa shape index (κ2) is 26.7. The molecule has 0 spiro atoms. The summed E-state index contributed by atoms with van der Waals surface area (Å²) in [6.45, 7) is 6.28. The first-order valence-corrected chi connectivity index (χ1v) is 23.6. The summed E-state index contributed by atoms with van der Waals surface area (Å²) in [4.78, 5) is 0. The van der Waals surface area contributed by atoms with Crippen molar-refractivity contribution in [2.24, 2.45) is 0 Å². The van der Waals surface area contributed by atoms with E-state index in [0.717, 1.165) is 47.1 Å². The molecule has 0 radical (unpaired) electrons. The van der Waals surface area contributed by atoms with E-state index in [1.165, 1.54) is 19.3 Å². The van der Waals surface area contributed by atoms with Gasteiger partial charge in [-0.1, -0.05) is 191 Å². The Morgan fingerprint density at radius 3 is 1.37 bits per heavy atom. The highest BCUT2D eigenvalue weighted by atomic mass is 16.8. The van der Waals surface area contributed by atoms with E-state index in [-0.39, 0.29) is 19.8 Å². The van der Waals surface area contributed by atoms with Gasteiger partial charge in [0.1, 0.15) is 42.7 Å². The average molecular weight is 889 g/mol. The summed E-state index contributed by atoms with van der Waals surface area (Å²) < 4.78 is 60.5. The lowest BCUT2D eigenvalue weighted by Crippen LogP contribution is -2.65. The standard InChI is InChI=1S/C55H68O10/c1-3-4-5-6-7-23-34-58-54-51(48(56)50(60-37-44-28-17-10-18-29-44)47(64-54)40-57-35-42-24-13-8-14-25-42)65-55-53(62-39-46-32-21-12-22-33-46)52(61-38-45-30-19-11-20-31-45)49(41(2)63-55)59-36-43-26-15-9-16-27-43/h8-22,24-33,41,47-56H,3-7,23,34-40H2,1-2H3/t41-,47+,48+,49+,50-,51+,52+,53-,54+,55-/m0/s1. The summed E-state index contributed by atoms with van der Waals surface area (Å²) >= 11 is 0. The van der Waals surface area contributed by atoms with Crippen molar-refractivity contribution >= 4 is 0 Å². The molecule has 0 aromatic heterocycles. The van der Waals surface area contributed by atoms with E-state index in [2.05, 4.69) is 6.92 Å². The smallest absolute Gasteiger partial charge is 0.187 e. The Labute approximate surface area is 386 Å². The third kappa shape index (κ3) is 15.1. The fourth-order valence-corrected chi connectivity index (χ4v) is 8.36. The number of unbranched alkanes of at least 4 members (excludes halogenated alkanes) is 5. The van der Waals surface area contributed by atoms with Gasteiger partial charge in [-0.3, -0.25) is 0 Å². The van der Waals surface area contributed by atoms with Crippen LogP contribution in [0, 0.1) is 0 Å². The van der Waals surface area contributed by atoms with Crippen LogP contribution >= 0.6 is 0 Å². The lowest BCUT2D eigenvalue weighted by Gasteiger charge is -2.49. The zero-order valence-electron chi connectivity index (χ0n) is 38.0. The van der Waals surface area contributed by atoms with Crippen LogP contribution in [0.5, 0.6) is 0 Å². The Bertz CT molecular complexity index is 1990. The van der Waals surface area contributed by atoms with Crippen molar-refractivity contribution in [3.8, 4) is 0 Å². The molecule has 348 valence electrons. The van der Waals surface area contributed by atoms with Crippen LogP contribution in [0.25, 0.3) is 0 Å². The quantitative estimate of drug-likeness (QED) is 0.0540. The van der Waals surface area contributed by atoms with Crippen LogP contribution in [0.2, 0.25) is 0 Å². The average Bonchev–Trinajstić information content (AvgIpc) is 3.35. The molecule has 2 heterocycles. The third-order valence-electron chi connectivity index (χ3n) is 12.0. The van der Waals surface area contributed by atoms with Gasteiger partial charge in [0.25, 0.3) is 0 Å². The molecule has 10 heteroatoms. The van der Waals surface area contributed by atoms with E-state index >= 15 is 0 Å². The normalized spacial score (nSPS) is 25.6. The SMILES string of the molecule is CCCCCCCCO[C@@H]1O[C@H](COCc2ccccc2)[C@H](OCc2ccccc2)[C@@H](O)[C@H]1O[C@@H]1O[C@@H](C)[C@@H](OCc2ccccc2)[C@@H](OCc2ccccc2)[C@@H]1OCc1ccccc1. The molecule has 5 aromatic carbocycles. The molecule has 10 atom stereocenters. The van der Waals surface area contributed by atoms with Gasteiger partial charge in [0.2, 0.25) is 0 Å². The number of aliphatic hydroxyl groups is 1. The summed E-state index contributed by atoms with van der Waals surface area (Å²) in [6, 6.07) is 50.0. The number of hydrogen-bond acceptors (Lipinski definition) is 10. The number of rotatable bonds is 26. The van der Waals surface area contributed by atoms with E-state index in [1.54, 1.807) is 0 Å². The molecular weight excluding hydrogens is 821 g/mol. The molecule has 1 N–H and O–H groups in total. The molecule has 10 nitrogen and oxygen atoms in total. The number of hydrogen-bond donors (Lipinski definition) is 1. The molecule has 2 aliphatic rings. The van der Waals surface area contributed by atoms with Gasteiger partial charge >= 0.3 is 0 Å². The minimum Gasteiger partial charge on any atom is -0.387 e. The second-order valence-corrected chi connectivity index (χ2v) is 17.0. The van der Waals surface area contributed by atoms with Crippen LogP contribution in [0.3, 0.4) is 0 Å². The highest BCUT2D eigenvalue weighted by Gasteiger charge is 2.53. The molecule has 2 aliphatic heterocycles. The molecule has 65 heavy (non-hydrogen) atoms. The topological polar surface area (TPSA) is 103 Å². The van der Waals surface area contributed by atoms with Gasteiger partial charge in [-0.2, -0.15) is 0 Å². The monoisotopic (exact) mass is 888 g/mol. The van der Waals surface area contributed by atoms with Gasteiger partial charge in [0, 0.05) is 6.61 Å². The van der Waals surface area contributed by atoms with Crippen LogP contribution in [-0.2, 0) is 75.7 Å². The molecule has 0 unspecified atom stereocenters. The Morgan fingerprint density at radius 1 is 0.431 bits per heavy atom. The minimum absolute atomic E-state index is 0.157. The van der Waals surface area contributed by atoms with Crippen molar-refractivity contribution in [1.82, 2.24) is 0 Å². The van der Waals surface area contributed by atoms with Crippen molar-refractivity contribution in [3.05, 3.63) is 179 Å². The van der Waals surface area contributed by atoms with Crippen molar-refractivity contribution in [1.29, 1.82) is 0 Å². The third-order valence-corrected chi connectivity index (χ3v) is 12.0. The summed E-state index contributed by atoms with van der Waals surface area (Å²) in [5, 5.41) is 12.6. The van der Waals surface area contributed by atoms with Crippen LogP contribution in [0.4, 0.5) is 0 Å². The highest BCUT2D eigenvalue weighted by molar-refractivity contribution is 5.17. The van der Waals surface area contributed by atoms with Gasteiger partial charge in [0.05, 0.1) is 45.7 Å². The van der Waals surface area contributed by atoms with Crippen molar-refractivity contribution in [3.63, 3.8) is 0 Å². The van der Waals surface area contributed by atoms with Gasteiger partial charge in [-0.25, -0.2) is 0 Å². The second-order valence-electron chi connectivity index (χ2n) is 17.0. The van der Waals surface area contributed by atoms with E-state index < -0.39 is 61.4 Å². The first-order chi connectivity index (χ1) is 32.1. The number of benzene rings is 5. The van der Waals surface area contributed by atoms with Gasteiger partial charge in [-0.15, -0.1) is 0 Å². The van der Waals surface area contributed by atoms with Gasteiger partial charge in [-0.05, 0) is 41.2 Å². The lowest BCUT2D eigenvalue weighted by atomic mass is 9.96. The van der Waals surface area contributed by atoms with E-state index in [0.29, 0.717) is 26.4 Å². The molecule has 0 saturated carbocycles. The maximum atomic E-state index is 12.6. The van der Waals surface area contributed by atoms with E-state index in [9.17, 15) is 5.11 Å². The minimum atomic E-state index is -1.21. The van der Waals surface area contributed by atoms with Crippen LogP contribution in [0.1, 0.15) is 80.2 Å². The van der Waals surface area contributed by atoms with Crippen molar-refractivity contribution < 1.29 is 47.7 Å². The Balaban J connectivity index is 1.17. The molecule has 0 amide bonds. The maximum Gasteiger partial charge on any atom is 0.187 e. The number of ether oxygens (including phenoxy) is 9. The molecule has 0 aliphatic carbocycles. The van der Waals surface area contributed by atoms with Crippen LogP contribution in [-0.4, -0.2) is 79.7 Å². The zero-order valence-corrected chi connectivity index (χ0v) is 38.0. The fourth-order valence-electron chi connectivity index (χ4n) is 8.36. The molecular formula is C55H68O10. The summed E-state index contributed by atoms with van der Waals surface area (Å²) in [7, 11) is 0. The largest absolute Gasteiger partial charge is 0.387 e. The molecule has 7 rings (SSSR count). The van der Waals surface area contributed by atoms with Crippen LogP contribution in [0.15, 0.2) is 152 Å². The number of aliphatic hydroxyl groups excluding tert-OH is 1. The first kappa shape index (κ1) is 48.6. The zero-order chi connectivity index (χ0) is 44.9. The van der Waals surface area contributed by atoms with Crippen molar-refractivity contribution in [2.45, 2.75) is 147 Å². The molecule has 2 fully saturated rings. The molecule has 5 aromatic rings. The van der Waals surface area contributed by atoms with Crippen LogP contribution < -0.4 is 0 Å². The molecule has 0 bridgehead atoms. The fraction of sp³-hybridized carbons (Fsp3) is 0.455. The predicted molar refractivity (Wildman–Crippen MR) is 249 cm³/mol. The molecule has 2 saturated heterocycles. The highest BCUT2D eigenvalue weighted by Crippen LogP contribution is 2.35. The Hall–Kier alpha value is -4.30. The van der Waals surface area contributed by atoms with E-state index in [4.69, 9.17) is 42.6 Å². The maximum absolute atomic E-state index is 12.6. The first-order valence-electron chi connectivity index (χ1n) is 23.6. The summed E-state index contributed by atoms with van der Waals surface area (Å²) in [5.41, 5.74) is 5.00. The Morgan fingerprint density at radius 2 is 0.862 bits per heavy atom. The van der Waals surface area contributed by atoms with Crippen molar-refractivity contribution in [2.75, 3.05) is 13.2 Å². The Kier molecular flexibility index (Phi) is 20.0. The summed E-state index contributed by atoms with van der Waals surface area (Å²) in [5.74, 6) is 0. The van der Waals surface area contributed by atoms with E-state index in [1.807, 2.05) is 159 Å². The van der Waals surface area contributed by atoms with Gasteiger partial charge in [0.15, 0.2) is 12.6 Å².